The molecule has 3 atom stereocenters. The maximum absolute atomic E-state index is 14.0. The first-order valence-corrected chi connectivity index (χ1v) is 19.6. The number of aromatic amines is 1. The molecule has 7 N–H and O–H groups in total. The van der Waals surface area contributed by atoms with E-state index in [-0.39, 0.29) is 54.4 Å². The number of aromatic nitrogens is 5. The molecule has 4 amide bonds. The van der Waals surface area contributed by atoms with Gasteiger partial charge in [-0.2, -0.15) is 4.98 Å². The van der Waals surface area contributed by atoms with E-state index in [0.717, 1.165) is 40.5 Å². The van der Waals surface area contributed by atoms with Gasteiger partial charge in [-0.3, -0.25) is 34.2 Å². The molecular formula is C33H30N10O11S3. The van der Waals surface area contributed by atoms with Crippen LogP contribution in [0.15, 0.2) is 50.9 Å². The predicted octanol–water partition coefficient (Wildman–Crippen LogP) is 0.685. The number of hydrogen-bond acceptors (Lipinski definition) is 16. The van der Waals surface area contributed by atoms with Crippen LogP contribution in [-0.2, 0) is 36.8 Å². The first kappa shape index (κ1) is 39.0. The molecule has 4 aromatic rings. The number of amides is 4. The van der Waals surface area contributed by atoms with Crippen LogP contribution in [0.25, 0.3) is 11.0 Å². The number of piperazine rings is 1. The molecule has 0 radical (unpaired) electrons. The highest BCUT2D eigenvalue weighted by atomic mass is 32.2. The third-order valence-corrected chi connectivity index (χ3v) is 12.6. The van der Waals surface area contributed by atoms with Crippen LogP contribution in [0, 0.1) is 0 Å². The molecule has 0 aliphatic carbocycles. The summed E-state index contributed by atoms with van der Waals surface area (Å²) in [6.07, 6.45) is -0.137. The molecule has 3 aliphatic heterocycles. The van der Waals surface area contributed by atoms with Crippen molar-refractivity contribution in [3.8, 4) is 5.75 Å². The molecule has 7 rings (SSSR count). The molecular weight excluding hydrogens is 809 g/mol. The van der Waals surface area contributed by atoms with Crippen molar-refractivity contribution in [1.82, 2.24) is 40.3 Å². The van der Waals surface area contributed by atoms with Gasteiger partial charge in [-0.15, -0.1) is 22.0 Å². The average molecular weight is 839 g/mol. The van der Waals surface area contributed by atoms with Crippen molar-refractivity contribution < 1.29 is 49.2 Å². The number of aromatic hydroxyl groups is 1. The van der Waals surface area contributed by atoms with Crippen LogP contribution in [0.1, 0.15) is 22.2 Å². The summed E-state index contributed by atoms with van der Waals surface area (Å²) >= 11 is 2.99. The first-order valence-electron chi connectivity index (χ1n) is 16.9. The number of hydrogen-bond donors (Lipinski definition) is 7. The highest BCUT2D eigenvalue weighted by molar-refractivity contribution is 8.02. The topological polar surface area (TPSA) is 302 Å². The highest BCUT2D eigenvalue weighted by Crippen LogP contribution is 2.49. The van der Waals surface area contributed by atoms with Gasteiger partial charge in [0.2, 0.25) is 24.2 Å². The Balaban J connectivity index is 1.18. The lowest BCUT2D eigenvalue weighted by Gasteiger charge is -2.50. The van der Waals surface area contributed by atoms with E-state index >= 15 is 0 Å². The van der Waals surface area contributed by atoms with Crippen LogP contribution < -0.4 is 21.0 Å². The Bertz CT molecular complexity index is 2420. The fraction of sp³-hybridized carbons (Fsp3) is 0.303. The summed E-state index contributed by atoms with van der Waals surface area (Å²) in [6.45, 7) is 1.87. The number of rotatable bonds is 13. The molecule has 0 bridgehead atoms. The molecule has 0 spiro atoms. The van der Waals surface area contributed by atoms with Crippen molar-refractivity contribution in [1.29, 1.82) is 0 Å². The van der Waals surface area contributed by atoms with Crippen molar-refractivity contribution in [2.75, 3.05) is 42.1 Å². The second-order valence-corrected chi connectivity index (χ2v) is 16.3. The predicted molar refractivity (Wildman–Crippen MR) is 203 cm³/mol. The van der Waals surface area contributed by atoms with Crippen LogP contribution in [0.4, 0.5) is 16.4 Å². The zero-order valence-corrected chi connectivity index (χ0v) is 31.6. The van der Waals surface area contributed by atoms with Gasteiger partial charge in [-0.1, -0.05) is 29.2 Å². The Labute approximate surface area is 332 Å². The van der Waals surface area contributed by atoms with Gasteiger partial charge in [0.25, 0.3) is 0 Å². The van der Waals surface area contributed by atoms with Gasteiger partial charge in [0.05, 0.1) is 23.9 Å². The molecule has 2 saturated heterocycles. The lowest BCUT2D eigenvalue weighted by atomic mass is 9.91. The maximum atomic E-state index is 14.0. The SMILES string of the molecule is O=CN1CCN(c2ncc3c(=O)cc([C@H]4C(=O)N5C(C(=O)O)=C(C(NC(=O)Cc6ccc(O)cc6NC(=O)O)Sc6nnc(CC(=O)O)s6)CS[C@@H]45)[nH]c3n2)CC1. The van der Waals surface area contributed by atoms with Crippen molar-refractivity contribution >= 4 is 93.8 Å². The Morgan fingerprint density at radius 1 is 1.05 bits per heavy atom. The number of pyridine rings is 1. The molecule has 2 fully saturated rings. The molecule has 0 saturated carbocycles. The molecule has 3 aromatic heterocycles. The highest BCUT2D eigenvalue weighted by Gasteiger charge is 2.55. The van der Waals surface area contributed by atoms with Gasteiger partial charge in [-0.05, 0) is 11.6 Å². The number of thioether (sulfide) groups is 2. The number of H-pyrrole nitrogens is 1. The number of carboxylic acids is 2. The maximum Gasteiger partial charge on any atom is 0.409 e. The molecule has 3 aliphatic rings. The number of carbonyl (C=O) groups excluding carboxylic acids is 3. The Kier molecular flexibility index (Phi) is 11.0. The van der Waals surface area contributed by atoms with Crippen molar-refractivity contribution in [3.63, 3.8) is 0 Å². The van der Waals surface area contributed by atoms with Gasteiger partial charge in [0, 0.05) is 61.5 Å². The molecule has 6 heterocycles. The van der Waals surface area contributed by atoms with Crippen LogP contribution >= 0.6 is 34.9 Å². The largest absolute Gasteiger partial charge is 0.508 e. The molecule has 21 nitrogen and oxygen atoms in total. The Hall–Kier alpha value is -6.27. The van der Waals surface area contributed by atoms with Crippen molar-refractivity contribution in [2.45, 2.75) is 33.8 Å². The van der Waals surface area contributed by atoms with E-state index in [1.807, 2.05) is 4.90 Å². The lowest BCUT2D eigenvalue weighted by molar-refractivity contribution is -0.148. The Morgan fingerprint density at radius 3 is 2.53 bits per heavy atom. The molecule has 24 heteroatoms. The quantitative estimate of drug-likeness (QED) is 0.0422. The van der Waals surface area contributed by atoms with Crippen molar-refractivity contribution in [3.05, 3.63) is 68.2 Å². The number of aliphatic carboxylic acids is 2. The number of nitrogens with zero attached hydrogens (tertiary/aromatic N) is 7. The smallest absolute Gasteiger partial charge is 0.409 e. The van der Waals surface area contributed by atoms with E-state index in [2.05, 4.69) is 35.8 Å². The fourth-order valence-corrected chi connectivity index (χ4v) is 10.2. The number of carbonyl (C=O) groups is 6. The number of β-lactam (4-membered cyclic amide) rings is 1. The minimum atomic E-state index is -1.48. The fourth-order valence-electron chi connectivity index (χ4n) is 6.48. The molecule has 57 heavy (non-hydrogen) atoms. The number of phenols is 1. The molecule has 1 unspecified atom stereocenters. The van der Waals surface area contributed by atoms with Gasteiger partial charge in [0.1, 0.15) is 38.8 Å². The normalized spacial score (nSPS) is 18.5. The Morgan fingerprint density at radius 2 is 1.82 bits per heavy atom. The minimum absolute atomic E-state index is 0.0206. The summed E-state index contributed by atoms with van der Waals surface area (Å²) in [4.78, 5) is 104. The average Bonchev–Trinajstić information content (AvgIpc) is 3.60. The third kappa shape index (κ3) is 8.17. The molecule has 296 valence electrons. The summed E-state index contributed by atoms with van der Waals surface area (Å²) < 4.78 is 0.187. The minimum Gasteiger partial charge on any atom is -0.508 e. The van der Waals surface area contributed by atoms with Crippen LogP contribution in [0.3, 0.4) is 0 Å². The van der Waals surface area contributed by atoms with E-state index < -0.39 is 70.5 Å². The van der Waals surface area contributed by atoms with E-state index in [9.17, 15) is 54.0 Å². The van der Waals surface area contributed by atoms with Crippen LogP contribution in [0.2, 0.25) is 0 Å². The number of benzene rings is 1. The summed E-state index contributed by atoms with van der Waals surface area (Å²) in [5.74, 6) is -4.88. The summed E-state index contributed by atoms with van der Waals surface area (Å²) in [6, 6.07) is 4.98. The van der Waals surface area contributed by atoms with Crippen molar-refractivity contribution in [2.24, 2.45) is 0 Å². The van der Waals surface area contributed by atoms with Gasteiger partial charge < -0.3 is 40.5 Å². The summed E-state index contributed by atoms with van der Waals surface area (Å²) in [5, 5.41) is 50.0. The van der Waals surface area contributed by atoms with Crippen LogP contribution in [-0.4, -0.2) is 134 Å². The number of carboxylic acid groups (broad SMARTS) is 3. The van der Waals surface area contributed by atoms with E-state index in [0.29, 0.717) is 32.1 Å². The number of phenolic OH excluding ortho intramolecular Hbond substituents is 1. The zero-order valence-electron chi connectivity index (χ0n) is 29.1. The molecule has 1 aromatic carbocycles. The monoisotopic (exact) mass is 838 g/mol. The van der Waals surface area contributed by atoms with Gasteiger partial charge in [-0.25, -0.2) is 14.6 Å². The van der Waals surface area contributed by atoms with E-state index in [1.54, 1.807) is 4.90 Å². The summed E-state index contributed by atoms with van der Waals surface area (Å²) in [7, 11) is 0. The van der Waals surface area contributed by atoms with Gasteiger partial charge in [0.15, 0.2) is 9.77 Å². The van der Waals surface area contributed by atoms with Crippen LogP contribution in [0.5, 0.6) is 5.75 Å². The second-order valence-electron chi connectivity index (χ2n) is 12.8. The van der Waals surface area contributed by atoms with E-state index in [4.69, 9.17) is 0 Å². The number of nitrogens with one attached hydrogen (secondary N) is 3. The number of anilines is 2. The first-order chi connectivity index (χ1) is 27.3. The standard InChI is InChI=1S/C33H30N10O11S3/c44-13-41-3-5-42(6-4-41)31-34-11-16-20(46)9-19(35-26(16)38-31)24-28(50)43-25(30(51)52)17(12-55-29(24)43)27(57-33-40-39-22(56-33)10-23(48)49)37-21(47)7-14-1-2-15(45)8-18(14)36-32(53)54/h1-2,8-9,11,13,24,27,29,36,45H,3-7,10,12H2,(H,37,47)(H,48,49)(H,51,52)(H,53,54)(H,34,35,38,46)/t24-,27?,29-/m0/s1. The lowest BCUT2D eigenvalue weighted by Crippen LogP contribution is -2.61. The third-order valence-electron chi connectivity index (χ3n) is 9.14. The second kappa shape index (κ2) is 16.1. The number of fused-ring (bicyclic) bond motifs is 2. The summed E-state index contributed by atoms with van der Waals surface area (Å²) in [5.41, 5.74) is -0.235. The van der Waals surface area contributed by atoms with Gasteiger partial charge >= 0.3 is 18.0 Å². The zero-order chi connectivity index (χ0) is 40.5. The van der Waals surface area contributed by atoms with E-state index in [1.165, 1.54) is 36.2 Å².